The zero-order chi connectivity index (χ0) is 26.5. The molecule has 0 aliphatic carbocycles. The maximum absolute atomic E-state index is 12.4. The third-order valence-corrected chi connectivity index (χ3v) is 5.17. The summed E-state index contributed by atoms with van der Waals surface area (Å²) in [7, 11) is 0. The summed E-state index contributed by atoms with van der Waals surface area (Å²) in [4.78, 5) is 24.5. The van der Waals surface area contributed by atoms with Crippen LogP contribution in [0.25, 0.3) is 0 Å². The topological polar surface area (TPSA) is 95.5 Å². The van der Waals surface area contributed by atoms with Crippen molar-refractivity contribution in [1.82, 2.24) is 5.43 Å². The normalized spacial score (nSPS) is 10.7. The second-order valence-electron chi connectivity index (χ2n) is 7.79. The van der Waals surface area contributed by atoms with E-state index in [0.717, 1.165) is 18.6 Å². The highest BCUT2D eigenvalue weighted by Crippen LogP contribution is 2.29. The molecule has 0 bridgehead atoms. The van der Waals surface area contributed by atoms with Crippen molar-refractivity contribution in [2.24, 2.45) is 5.10 Å². The summed E-state index contributed by atoms with van der Waals surface area (Å²) in [5, 5.41) is 4.48. The van der Waals surface area contributed by atoms with Gasteiger partial charge in [-0.25, -0.2) is 10.2 Å². The molecule has 3 aromatic carbocycles. The van der Waals surface area contributed by atoms with Gasteiger partial charge >= 0.3 is 5.97 Å². The van der Waals surface area contributed by atoms with E-state index in [0.29, 0.717) is 40.9 Å². The number of nitrogens with one attached hydrogen (secondary N) is 1. The molecule has 0 aliphatic rings. The van der Waals surface area contributed by atoms with E-state index in [-0.39, 0.29) is 12.4 Å². The Kier molecular flexibility index (Phi) is 10.8. The summed E-state index contributed by atoms with van der Waals surface area (Å²) in [5.41, 5.74) is 3.41. The Morgan fingerprint density at radius 2 is 1.59 bits per heavy atom. The molecule has 194 valence electrons. The van der Waals surface area contributed by atoms with E-state index >= 15 is 0 Å². The monoisotopic (exact) mass is 524 g/mol. The van der Waals surface area contributed by atoms with Crippen LogP contribution in [0.2, 0.25) is 5.02 Å². The molecule has 9 heteroatoms. The molecule has 0 atom stereocenters. The van der Waals surface area contributed by atoms with Gasteiger partial charge in [0.15, 0.2) is 18.1 Å². The Balaban J connectivity index is 1.51. The van der Waals surface area contributed by atoms with Gasteiger partial charge in [-0.1, -0.05) is 24.9 Å². The van der Waals surface area contributed by atoms with Crippen LogP contribution in [0.1, 0.15) is 42.6 Å². The van der Waals surface area contributed by atoms with Crippen molar-refractivity contribution in [3.63, 3.8) is 0 Å². The van der Waals surface area contributed by atoms with Crippen LogP contribution in [-0.4, -0.2) is 37.9 Å². The lowest BCUT2D eigenvalue weighted by Gasteiger charge is -2.11. The van der Waals surface area contributed by atoms with Crippen LogP contribution in [-0.2, 0) is 4.79 Å². The van der Waals surface area contributed by atoms with E-state index in [9.17, 15) is 9.59 Å². The lowest BCUT2D eigenvalue weighted by Crippen LogP contribution is -2.24. The first-order chi connectivity index (χ1) is 18.0. The Morgan fingerprint density at radius 3 is 2.27 bits per heavy atom. The number of halogens is 1. The average molecular weight is 525 g/mol. The van der Waals surface area contributed by atoms with Crippen molar-refractivity contribution in [3.05, 3.63) is 82.9 Å². The summed E-state index contributed by atoms with van der Waals surface area (Å²) in [6, 6.07) is 18.4. The van der Waals surface area contributed by atoms with Crippen molar-refractivity contribution >= 4 is 29.7 Å². The highest BCUT2D eigenvalue weighted by atomic mass is 35.5. The number of unbranched alkanes of at least 4 members (excludes halogenated alkanes) is 1. The van der Waals surface area contributed by atoms with Gasteiger partial charge in [-0.05, 0) is 85.6 Å². The molecule has 3 aromatic rings. The van der Waals surface area contributed by atoms with Crippen molar-refractivity contribution in [1.29, 1.82) is 0 Å². The molecule has 37 heavy (non-hydrogen) atoms. The summed E-state index contributed by atoms with van der Waals surface area (Å²) in [5.74, 6) is 0.978. The zero-order valence-corrected chi connectivity index (χ0v) is 21.5. The van der Waals surface area contributed by atoms with Crippen molar-refractivity contribution < 1.29 is 28.5 Å². The molecule has 0 spiro atoms. The highest BCUT2D eigenvalue weighted by molar-refractivity contribution is 6.30. The largest absolute Gasteiger partial charge is 0.494 e. The first kappa shape index (κ1) is 27.5. The fourth-order valence-corrected chi connectivity index (χ4v) is 3.15. The van der Waals surface area contributed by atoms with Gasteiger partial charge in [0, 0.05) is 5.02 Å². The molecule has 0 aliphatic heterocycles. The predicted molar refractivity (Wildman–Crippen MR) is 142 cm³/mol. The van der Waals surface area contributed by atoms with E-state index in [4.69, 9.17) is 30.5 Å². The zero-order valence-electron chi connectivity index (χ0n) is 20.7. The van der Waals surface area contributed by atoms with Gasteiger partial charge in [0.1, 0.15) is 11.5 Å². The number of carbonyl (C=O) groups excluding carboxylic acids is 2. The Bertz CT molecular complexity index is 1200. The number of hydrogen-bond donors (Lipinski definition) is 1. The number of amides is 1. The van der Waals surface area contributed by atoms with Gasteiger partial charge in [-0.2, -0.15) is 5.10 Å². The number of nitrogens with zero attached hydrogens (tertiary/aromatic N) is 1. The minimum Gasteiger partial charge on any atom is -0.494 e. The molecule has 3 rings (SSSR count). The first-order valence-electron chi connectivity index (χ1n) is 11.9. The quantitative estimate of drug-likeness (QED) is 0.102. The maximum Gasteiger partial charge on any atom is 0.343 e. The molecule has 0 heterocycles. The highest BCUT2D eigenvalue weighted by Gasteiger charge is 2.13. The van der Waals surface area contributed by atoms with Gasteiger partial charge in [-0.3, -0.25) is 4.79 Å². The molecule has 8 nitrogen and oxygen atoms in total. The maximum atomic E-state index is 12.4. The fraction of sp³-hybridized carbons (Fsp3) is 0.250. The summed E-state index contributed by atoms with van der Waals surface area (Å²) in [6.45, 7) is 4.76. The van der Waals surface area contributed by atoms with Crippen LogP contribution in [0.5, 0.6) is 23.0 Å². The summed E-state index contributed by atoms with van der Waals surface area (Å²) < 4.78 is 22.2. The molecule has 0 radical (unpaired) electrons. The van der Waals surface area contributed by atoms with Crippen molar-refractivity contribution in [2.45, 2.75) is 26.7 Å². The van der Waals surface area contributed by atoms with Crippen LogP contribution in [0, 0.1) is 0 Å². The van der Waals surface area contributed by atoms with Crippen LogP contribution >= 0.6 is 11.6 Å². The molecule has 1 N–H and O–H groups in total. The molecule has 0 saturated heterocycles. The number of hydrogen-bond acceptors (Lipinski definition) is 7. The van der Waals surface area contributed by atoms with Crippen molar-refractivity contribution in [2.75, 3.05) is 19.8 Å². The standard InChI is InChI=1S/C28H29ClN2O6/c1-3-5-16-35-23-11-13-24(14-12-23)36-19-27(32)31-30-18-20-6-15-25(26(17-20)34-4-2)37-28(33)21-7-9-22(29)10-8-21/h6-15,17-18H,3-5,16,19H2,1-2H3,(H,31,32)/b30-18+. The predicted octanol–water partition coefficient (Wildman–Crippen LogP) is 5.67. The van der Waals surface area contributed by atoms with Gasteiger partial charge in [0.25, 0.3) is 5.91 Å². The van der Waals surface area contributed by atoms with E-state index < -0.39 is 11.9 Å². The summed E-state index contributed by atoms with van der Waals surface area (Å²) >= 11 is 5.87. The molecular weight excluding hydrogens is 496 g/mol. The third-order valence-electron chi connectivity index (χ3n) is 4.91. The smallest absolute Gasteiger partial charge is 0.343 e. The van der Waals surface area contributed by atoms with E-state index in [1.807, 2.05) is 6.92 Å². The van der Waals surface area contributed by atoms with E-state index in [2.05, 4.69) is 17.5 Å². The average Bonchev–Trinajstić information content (AvgIpc) is 2.90. The van der Waals surface area contributed by atoms with Gasteiger partial charge in [-0.15, -0.1) is 0 Å². The number of rotatable bonds is 13. The molecule has 0 unspecified atom stereocenters. The SMILES string of the molecule is CCCCOc1ccc(OCC(=O)N/N=C/c2ccc(OC(=O)c3ccc(Cl)cc3)c(OCC)c2)cc1. The van der Waals surface area contributed by atoms with Crippen LogP contribution in [0.4, 0.5) is 0 Å². The number of esters is 1. The Labute approximate surface area is 221 Å². The Morgan fingerprint density at radius 1 is 0.892 bits per heavy atom. The van der Waals surface area contributed by atoms with Crippen LogP contribution < -0.4 is 24.4 Å². The molecule has 0 aromatic heterocycles. The number of ether oxygens (including phenoxy) is 4. The second-order valence-corrected chi connectivity index (χ2v) is 8.23. The van der Waals surface area contributed by atoms with E-state index in [1.165, 1.54) is 6.21 Å². The number of hydrazone groups is 1. The third kappa shape index (κ3) is 9.16. The van der Waals surface area contributed by atoms with Gasteiger partial charge in [0.05, 0.1) is 25.0 Å². The van der Waals surface area contributed by atoms with E-state index in [1.54, 1.807) is 66.7 Å². The van der Waals surface area contributed by atoms with Gasteiger partial charge < -0.3 is 18.9 Å². The minimum atomic E-state index is -0.537. The lowest BCUT2D eigenvalue weighted by atomic mass is 10.2. The summed E-state index contributed by atoms with van der Waals surface area (Å²) in [6.07, 6.45) is 3.51. The van der Waals surface area contributed by atoms with Crippen LogP contribution in [0.15, 0.2) is 71.8 Å². The van der Waals surface area contributed by atoms with Gasteiger partial charge in [0.2, 0.25) is 0 Å². The minimum absolute atomic E-state index is 0.197. The van der Waals surface area contributed by atoms with Crippen molar-refractivity contribution in [3.8, 4) is 23.0 Å². The van der Waals surface area contributed by atoms with Crippen LogP contribution in [0.3, 0.4) is 0 Å². The fourth-order valence-electron chi connectivity index (χ4n) is 3.03. The molecule has 0 saturated carbocycles. The molecule has 1 amide bonds. The Hall–Kier alpha value is -4.04. The first-order valence-corrected chi connectivity index (χ1v) is 12.3. The number of benzene rings is 3. The molecular formula is C28H29ClN2O6. The second kappa shape index (κ2) is 14.5. The molecule has 0 fully saturated rings. The number of carbonyl (C=O) groups is 2. The lowest BCUT2D eigenvalue weighted by molar-refractivity contribution is -0.123.